The normalized spacial score (nSPS) is 11.5. The number of esters is 1. The fraction of sp³-hybridized carbons (Fsp3) is 0.286. The predicted octanol–water partition coefficient (Wildman–Crippen LogP) is 2.06. The molecule has 0 saturated carbocycles. The fourth-order valence-corrected chi connectivity index (χ4v) is 1.56. The maximum atomic E-state index is 13.0. The van der Waals surface area contributed by atoms with Gasteiger partial charge in [-0.3, -0.25) is 4.79 Å². The Balaban J connectivity index is 2.81. The number of halogens is 1. The van der Waals surface area contributed by atoms with E-state index in [1.54, 1.807) is 6.92 Å². The summed E-state index contributed by atoms with van der Waals surface area (Å²) >= 11 is 0. The molecule has 0 aliphatic heterocycles. The third kappa shape index (κ3) is 4.54. The van der Waals surface area contributed by atoms with E-state index in [0.29, 0.717) is 0 Å². The van der Waals surface area contributed by atoms with E-state index in [9.17, 15) is 14.0 Å². The van der Waals surface area contributed by atoms with Gasteiger partial charge in [0.1, 0.15) is 11.9 Å². The average Bonchev–Trinajstić information content (AvgIpc) is 2.36. The lowest BCUT2D eigenvalue weighted by atomic mass is 10.1. The monoisotopic (exact) mass is 265 g/mol. The van der Waals surface area contributed by atoms with Gasteiger partial charge in [-0.15, -0.1) is 6.58 Å². The SMILES string of the molecule is C=C(C)C[C@H](NC(=O)c1cccc(F)c1)C(=O)OC. The summed E-state index contributed by atoms with van der Waals surface area (Å²) in [5, 5.41) is 2.50. The second-order valence-electron chi connectivity index (χ2n) is 4.22. The third-order valence-corrected chi connectivity index (χ3v) is 2.43. The molecule has 0 spiro atoms. The van der Waals surface area contributed by atoms with Crippen molar-refractivity contribution in [3.8, 4) is 0 Å². The summed E-state index contributed by atoms with van der Waals surface area (Å²) in [5.74, 6) is -1.61. The number of carbonyl (C=O) groups excluding carboxylic acids is 2. The Labute approximate surface area is 111 Å². The summed E-state index contributed by atoms with van der Waals surface area (Å²) in [4.78, 5) is 23.4. The molecule has 1 aromatic carbocycles. The van der Waals surface area contributed by atoms with Gasteiger partial charge in [0.15, 0.2) is 0 Å². The number of benzene rings is 1. The molecule has 0 heterocycles. The highest BCUT2D eigenvalue weighted by Gasteiger charge is 2.22. The van der Waals surface area contributed by atoms with Crippen LogP contribution in [0.4, 0.5) is 4.39 Å². The highest BCUT2D eigenvalue weighted by atomic mass is 19.1. The summed E-state index contributed by atoms with van der Waals surface area (Å²) in [7, 11) is 1.24. The molecule has 0 aliphatic rings. The number of nitrogens with one attached hydrogen (secondary N) is 1. The van der Waals surface area contributed by atoms with E-state index >= 15 is 0 Å². The van der Waals surface area contributed by atoms with Gasteiger partial charge < -0.3 is 10.1 Å². The average molecular weight is 265 g/mol. The molecule has 1 rings (SSSR count). The van der Waals surface area contributed by atoms with Crippen LogP contribution < -0.4 is 5.32 Å². The van der Waals surface area contributed by atoms with Crippen molar-refractivity contribution in [2.24, 2.45) is 0 Å². The molecule has 0 unspecified atom stereocenters. The Kier molecular flexibility index (Phi) is 5.23. The van der Waals surface area contributed by atoms with Crippen molar-refractivity contribution in [1.82, 2.24) is 5.32 Å². The summed E-state index contributed by atoms with van der Waals surface area (Å²) in [6.45, 7) is 5.43. The third-order valence-electron chi connectivity index (χ3n) is 2.43. The summed E-state index contributed by atoms with van der Waals surface area (Å²) < 4.78 is 17.6. The van der Waals surface area contributed by atoms with Crippen molar-refractivity contribution >= 4 is 11.9 Å². The smallest absolute Gasteiger partial charge is 0.328 e. The van der Waals surface area contributed by atoms with E-state index in [4.69, 9.17) is 0 Å². The van der Waals surface area contributed by atoms with Crippen LogP contribution in [0, 0.1) is 5.82 Å². The van der Waals surface area contributed by atoms with Crippen molar-refractivity contribution in [1.29, 1.82) is 0 Å². The van der Waals surface area contributed by atoms with E-state index in [1.807, 2.05) is 0 Å². The van der Waals surface area contributed by atoms with E-state index in [-0.39, 0.29) is 12.0 Å². The van der Waals surface area contributed by atoms with Crippen LogP contribution >= 0.6 is 0 Å². The van der Waals surface area contributed by atoms with Gasteiger partial charge in [0, 0.05) is 5.56 Å². The number of carbonyl (C=O) groups is 2. The Bertz CT molecular complexity index is 499. The molecule has 0 radical (unpaired) electrons. The number of methoxy groups -OCH3 is 1. The van der Waals surface area contributed by atoms with Gasteiger partial charge in [-0.2, -0.15) is 0 Å². The van der Waals surface area contributed by atoms with Crippen LogP contribution in [-0.2, 0) is 9.53 Å². The molecule has 0 bridgehead atoms. The zero-order chi connectivity index (χ0) is 14.4. The molecule has 1 amide bonds. The Morgan fingerprint density at radius 1 is 1.47 bits per heavy atom. The zero-order valence-corrected chi connectivity index (χ0v) is 10.9. The van der Waals surface area contributed by atoms with E-state index in [1.165, 1.54) is 25.3 Å². The van der Waals surface area contributed by atoms with Crippen LogP contribution in [-0.4, -0.2) is 25.0 Å². The van der Waals surface area contributed by atoms with Gasteiger partial charge in [-0.25, -0.2) is 9.18 Å². The van der Waals surface area contributed by atoms with Crippen LogP contribution in [0.1, 0.15) is 23.7 Å². The molecule has 19 heavy (non-hydrogen) atoms. The standard InChI is InChI=1S/C14H16FNO3/c1-9(2)7-12(14(18)19-3)16-13(17)10-5-4-6-11(15)8-10/h4-6,8,12H,1,7H2,2-3H3,(H,16,17)/t12-/m0/s1. The molecular formula is C14H16FNO3. The van der Waals surface area contributed by atoms with E-state index in [2.05, 4.69) is 16.6 Å². The van der Waals surface area contributed by atoms with Gasteiger partial charge in [0.05, 0.1) is 7.11 Å². The quantitative estimate of drug-likeness (QED) is 0.655. The summed E-state index contributed by atoms with van der Waals surface area (Å²) in [6.07, 6.45) is 0.272. The predicted molar refractivity (Wildman–Crippen MR) is 69.1 cm³/mol. The fourth-order valence-electron chi connectivity index (χ4n) is 1.56. The number of rotatable bonds is 5. The number of hydrogen-bond acceptors (Lipinski definition) is 3. The largest absolute Gasteiger partial charge is 0.467 e. The van der Waals surface area contributed by atoms with Gasteiger partial charge in [0.25, 0.3) is 5.91 Å². The lowest BCUT2D eigenvalue weighted by Gasteiger charge is -2.16. The second-order valence-corrected chi connectivity index (χ2v) is 4.22. The molecule has 0 fully saturated rings. The van der Waals surface area contributed by atoms with Crippen molar-refractivity contribution in [2.75, 3.05) is 7.11 Å². The van der Waals surface area contributed by atoms with Crippen LogP contribution in [0.5, 0.6) is 0 Å². The van der Waals surface area contributed by atoms with Crippen LogP contribution in [0.3, 0.4) is 0 Å². The molecule has 5 heteroatoms. The lowest BCUT2D eigenvalue weighted by molar-refractivity contribution is -0.142. The minimum atomic E-state index is -0.821. The van der Waals surface area contributed by atoms with Gasteiger partial charge >= 0.3 is 5.97 Å². The van der Waals surface area contributed by atoms with Crippen molar-refractivity contribution in [3.63, 3.8) is 0 Å². The van der Waals surface area contributed by atoms with Crippen LogP contribution in [0.15, 0.2) is 36.4 Å². The van der Waals surface area contributed by atoms with Crippen molar-refractivity contribution in [3.05, 3.63) is 47.8 Å². The Morgan fingerprint density at radius 3 is 2.68 bits per heavy atom. The number of hydrogen-bond donors (Lipinski definition) is 1. The van der Waals surface area contributed by atoms with Crippen molar-refractivity contribution in [2.45, 2.75) is 19.4 Å². The topological polar surface area (TPSA) is 55.4 Å². The second kappa shape index (κ2) is 6.68. The van der Waals surface area contributed by atoms with Gasteiger partial charge in [-0.1, -0.05) is 11.6 Å². The summed E-state index contributed by atoms with van der Waals surface area (Å²) in [6, 6.07) is 4.41. The molecule has 102 valence electrons. The van der Waals surface area contributed by atoms with Gasteiger partial charge in [0.2, 0.25) is 0 Å². The minimum Gasteiger partial charge on any atom is -0.467 e. The van der Waals surface area contributed by atoms with Gasteiger partial charge in [-0.05, 0) is 31.5 Å². The molecule has 0 saturated heterocycles. The maximum absolute atomic E-state index is 13.0. The molecular weight excluding hydrogens is 249 g/mol. The molecule has 1 aromatic rings. The van der Waals surface area contributed by atoms with Crippen LogP contribution in [0.25, 0.3) is 0 Å². The molecule has 4 nitrogen and oxygen atoms in total. The molecule has 1 N–H and O–H groups in total. The molecule has 1 atom stereocenters. The number of amides is 1. The first-order valence-corrected chi connectivity index (χ1v) is 5.72. The highest BCUT2D eigenvalue weighted by Crippen LogP contribution is 2.07. The Hall–Kier alpha value is -2.17. The number of ether oxygens (including phenoxy) is 1. The van der Waals surface area contributed by atoms with E-state index < -0.39 is 23.7 Å². The summed E-state index contributed by atoms with van der Waals surface area (Å²) in [5.41, 5.74) is 0.880. The van der Waals surface area contributed by atoms with Crippen LogP contribution in [0.2, 0.25) is 0 Å². The first kappa shape index (κ1) is 14.9. The first-order chi connectivity index (χ1) is 8.93. The van der Waals surface area contributed by atoms with Crippen molar-refractivity contribution < 1.29 is 18.7 Å². The maximum Gasteiger partial charge on any atom is 0.328 e. The highest BCUT2D eigenvalue weighted by molar-refractivity contribution is 5.96. The lowest BCUT2D eigenvalue weighted by Crippen LogP contribution is -2.41. The Morgan fingerprint density at radius 2 is 2.16 bits per heavy atom. The first-order valence-electron chi connectivity index (χ1n) is 5.72. The molecule has 0 aliphatic carbocycles. The minimum absolute atomic E-state index is 0.149. The molecule has 0 aromatic heterocycles. The zero-order valence-electron chi connectivity index (χ0n) is 10.9. The van der Waals surface area contributed by atoms with E-state index in [0.717, 1.165) is 11.6 Å².